The Balaban J connectivity index is 2.29. The number of hydrogen-bond donors (Lipinski definition) is 2. The molecule has 2 aromatic heterocycles. The van der Waals surface area contributed by atoms with E-state index in [-0.39, 0.29) is 5.56 Å². The Morgan fingerprint density at radius 2 is 2.27 bits per heavy atom. The van der Waals surface area contributed by atoms with Crippen LogP contribution in [-0.4, -0.2) is 26.9 Å². The summed E-state index contributed by atoms with van der Waals surface area (Å²) < 4.78 is 0. The first-order valence-electron chi connectivity index (χ1n) is 4.38. The number of hydrogen-bond acceptors (Lipinski definition) is 6. The number of nitrogens with zero attached hydrogens (tertiary/aromatic N) is 3. The van der Waals surface area contributed by atoms with Crippen molar-refractivity contribution in [2.24, 2.45) is 5.73 Å². The highest BCUT2D eigenvalue weighted by molar-refractivity contribution is 7.14. The van der Waals surface area contributed by atoms with Crippen LogP contribution in [-0.2, 0) is 6.42 Å². The van der Waals surface area contributed by atoms with Crippen molar-refractivity contribution < 1.29 is 0 Å². The maximum atomic E-state index is 10.8. The van der Waals surface area contributed by atoms with Gasteiger partial charge in [0.15, 0.2) is 5.01 Å². The van der Waals surface area contributed by atoms with Gasteiger partial charge in [0.1, 0.15) is 10.7 Å². The van der Waals surface area contributed by atoms with Gasteiger partial charge in [0.25, 0.3) is 5.56 Å². The van der Waals surface area contributed by atoms with E-state index in [1.807, 2.05) is 0 Å². The van der Waals surface area contributed by atoms with Crippen LogP contribution in [0.2, 0.25) is 0 Å². The fourth-order valence-corrected chi connectivity index (χ4v) is 1.87. The van der Waals surface area contributed by atoms with Crippen LogP contribution in [0, 0.1) is 0 Å². The molecule has 7 heteroatoms. The molecule has 0 atom stereocenters. The van der Waals surface area contributed by atoms with E-state index in [1.54, 1.807) is 6.07 Å². The van der Waals surface area contributed by atoms with Crippen LogP contribution in [0.5, 0.6) is 0 Å². The molecule has 0 aliphatic rings. The first-order chi connectivity index (χ1) is 7.29. The second-order valence-corrected chi connectivity index (χ2v) is 3.91. The number of rotatable bonds is 3. The lowest BCUT2D eigenvalue weighted by Crippen LogP contribution is -2.05. The maximum absolute atomic E-state index is 10.8. The molecular weight excluding hydrogens is 214 g/mol. The van der Waals surface area contributed by atoms with E-state index < -0.39 is 0 Å². The molecular formula is C8H9N5OS. The Bertz CT molecular complexity index is 485. The Morgan fingerprint density at radius 3 is 2.93 bits per heavy atom. The molecule has 0 unspecified atom stereocenters. The second kappa shape index (κ2) is 4.28. The summed E-state index contributed by atoms with van der Waals surface area (Å²) in [5.74, 6) is 0. The molecule has 0 saturated carbocycles. The van der Waals surface area contributed by atoms with E-state index >= 15 is 0 Å². The summed E-state index contributed by atoms with van der Waals surface area (Å²) in [5.41, 5.74) is 5.79. The molecule has 15 heavy (non-hydrogen) atoms. The molecule has 6 nitrogen and oxygen atoms in total. The van der Waals surface area contributed by atoms with Crippen molar-refractivity contribution in [1.82, 2.24) is 20.4 Å². The van der Waals surface area contributed by atoms with Gasteiger partial charge in [-0.15, -0.1) is 10.2 Å². The first kappa shape index (κ1) is 9.94. The molecule has 2 aromatic rings. The van der Waals surface area contributed by atoms with Gasteiger partial charge in [-0.1, -0.05) is 11.3 Å². The molecule has 2 rings (SSSR count). The van der Waals surface area contributed by atoms with Crippen molar-refractivity contribution >= 4 is 11.3 Å². The fourth-order valence-electron chi connectivity index (χ4n) is 1.05. The summed E-state index contributed by atoms with van der Waals surface area (Å²) in [4.78, 5) is 10.8. The summed E-state index contributed by atoms with van der Waals surface area (Å²) in [6.07, 6.45) is 0.709. The lowest BCUT2D eigenvalue weighted by atomic mass is 10.4. The van der Waals surface area contributed by atoms with Gasteiger partial charge >= 0.3 is 0 Å². The summed E-state index contributed by atoms with van der Waals surface area (Å²) in [7, 11) is 0. The number of aromatic nitrogens is 4. The Hall–Kier alpha value is -1.60. The van der Waals surface area contributed by atoms with E-state index in [0.717, 1.165) is 5.01 Å². The zero-order chi connectivity index (χ0) is 10.7. The van der Waals surface area contributed by atoms with E-state index in [4.69, 9.17) is 5.73 Å². The molecule has 3 N–H and O–H groups in total. The van der Waals surface area contributed by atoms with Gasteiger partial charge in [0.05, 0.1) is 0 Å². The molecule has 0 fully saturated rings. The molecule has 0 spiro atoms. The van der Waals surface area contributed by atoms with Crippen LogP contribution < -0.4 is 11.3 Å². The largest absolute Gasteiger partial charge is 0.330 e. The van der Waals surface area contributed by atoms with E-state index in [2.05, 4.69) is 20.4 Å². The zero-order valence-corrected chi connectivity index (χ0v) is 8.62. The lowest BCUT2D eigenvalue weighted by Gasteiger charge is -1.90. The summed E-state index contributed by atoms with van der Waals surface area (Å²) in [5, 5.41) is 15.7. The number of H-pyrrole nitrogens is 1. The van der Waals surface area contributed by atoms with Gasteiger partial charge in [0.2, 0.25) is 0 Å². The van der Waals surface area contributed by atoms with Crippen LogP contribution in [0.15, 0.2) is 16.9 Å². The number of aromatic amines is 1. The average Bonchev–Trinajstić information content (AvgIpc) is 2.68. The number of nitrogens with two attached hydrogens (primary N) is 1. The van der Waals surface area contributed by atoms with Crippen molar-refractivity contribution in [3.8, 4) is 10.7 Å². The highest BCUT2D eigenvalue weighted by Crippen LogP contribution is 2.19. The van der Waals surface area contributed by atoms with Crippen LogP contribution >= 0.6 is 11.3 Å². The van der Waals surface area contributed by atoms with Crippen LogP contribution in [0.1, 0.15) is 5.01 Å². The molecule has 0 radical (unpaired) electrons. The molecule has 0 aliphatic heterocycles. The highest BCUT2D eigenvalue weighted by Gasteiger charge is 2.06. The monoisotopic (exact) mass is 223 g/mol. The molecule has 0 bridgehead atoms. The van der Waals surface area contributed by atoms with Crippen molar-refractivity contribution in [1.29, 1.82) is 0 Å². The topological polar surface area (TPSA) is 97.5 Å². The fraction of sp³-hybridized carbons (Fsp3) is 0.250. The third kappa shape index (κ3) is 2.25. The number of nitrogens with one attached hydrogen (secondary N) is 1. The predicted molar refractivity (Wildman–Crippen MR) is 56.5 cm³/mol. The quantitative estimate of drug-likeness (QED) is 0.750. The van der Waals surface area contributed by atoms with E-state index in [1.165, 1.54) is 17.4 Å². The van der Waals surface area contributed by atoms with Crippen molar-refractivity contribution in [2.45, 2.75) is 6.42 Å². The van der Waals surface area contributed by atoms with Crippen molar-refractivity contribution in [3.05, 3.63) is 27.5 Å². The maximum Gasteiger partial charge on any atom is 0.264 e. The second-order valence-electron chi connectivity index (χ2n) is 2.85. The van der Waals surface area contributed by atoms with Gasteiger partial charge in [0, 0.05) is 12.5 Å². The van der Waals surface area contributed by atoms with Crippen LogP contribution in [0.25, 0.3) is 10.7 Å². The van der Waals surface area contributed by atoms with Crippen LogP contribution in [0.4, 0.5) is 0 Å². The van der Waals surface area contributed by atoms with E-state index in [0.29, 0.717) is 23.7 Å². The smallest absolute Gasteiger partial charge is 0.264 e. The lowest BCUT2D eigenvalue weighted by molar-refractivity contribution is 0.910. The average molecular weight is 223 g/mol. The third-order valence-electron chi connectivity index (χ3n) is 1.72. The van der Waals surface area contributed by atoms with Gasteiger partial charge in [-0.25, -0.2) is 5.10 Å². The first-order valence-corrected chi connectivity index (χ1v) is 5.20. The van der Waals surface area contributed by atoms with E-state index in [9.17, 15) is 4.79 Å². The van der Waals surface area contributed by atoms with Crippen molar-refractivity contribution in [2.75, 3.05) is 6.54 Å². The SMILES string of the molecule is NCCc1nnc(-c2ccc(=O)[nH]n2)s1. The van der Waals surface area contributed by atoms with Gasteiger partial charge in [-0.3, -0.25) is 4.79 Å². The molecule has 2 heterocycles. The molecule has 0 aliphatic carbocycles. The minimum absolute atomic E-state index is 0.231. The molecule has 0 aromatic carbocycles. The summed E-state index contributed by atoms with van der Waals surface area (Å²) >= 11 is 1.43. The third-order valence-corrected chi connectivity index (χ3v) is 2.73. The summed E-state index contributed by atoms with van der Waals surface area (Å²) in [6, 6.07) is 3.03. The van der Waals surface area contributed by atoms with Crippen LogP contribution in [0.3, 0.4) is 0 Å². The van der Waals surface area contributed by atoms with Gasteiger partial charge < -0.3 is 5.73 Å². The summed E-state index contributed by atoms with van der Waals surface area (Å²) in [6.45, 7) is 0.549. The molecule has 0 amide bonds. The Morgan fingerprint density at radius 1 is 1.40 bits per heavy atom. The predicted octanol–water partition coefficient (Wildman–Crippen LogP) is -0.210. The van der Waals surface area contributed by atoms with Gasteiger partial charge in [-0.05, 0) is 12.6 Å². The highest BCUT2D eigenvalue weighted by atomic mass is 32.1. The minimum atomic E-state index is -0.231. The minimum Gasteiger partial charge on any atom is -0.330 e. The Labute approximate surface area is 89.2 Å². The van der Waals surface area contributed by atoms with Gasteiger partial charge in [-0.2, -0.15) is 5.10 Å². The zero-order valence-electron chi connectivity index (χ0n) is 7.80. The standard InChI is InChI=1S/C8H9N5OS/c9-4-3-7-12-13-8(15-7)5-1-2-6(14)11-10-5/h1-2H,3-4,9H2,(H,11,14). The molecule has 78 valence electrons. The van der Waals surface area contributed by atoms with Crippen molar-refractivity contribution in [3.63, 3.8) is 0 Å². The molecule has 0 saturated heterocycles. The normalized spacial score (nSPS) is 10.5. The Kier molecular flexibility index (Phi) is 2.84.